The molecule has 0 saturated heterocycles. The average Bonchev–Trinajstić information content (AvgIpc) is 2.62. The molecule has 0 radical (unpaired) electrons. The molecule has 0 aliphatic carbocycles. The molecule has 0 atom stereocenters. The van der Waals surface area contributed by atoms with Gasteiger partial charge < -0.3 is 5.32 Å². The summed E-state index contributed by atoms with van der Waals surface area (Å²) < 4.78 is 0. The molecular formula is C10H16N2OS. The number of aromatic nitrogens is 1. The van der Waals surface area contributed by atoms with Gasteiger partial charge in [0.15, 0.2) is 0 Å². The van der Waals surface area contributed by atoms with Crippen LogP contribution in [0.4, 0.5) is 0 Å². The van der Waals surface area contributed by atoms with E-state index >= 15 is 0 Å². The van der Waals surface area contributed by atoms with Crippen LogP contribution >= 0.6 is 11.3 Å². The number of hydrogen-bond donors (Lipinski definition) is 1. The molecule has 1 aromatic rings. The van der Waals surface area contributed by atoms with E-state index in [4.69, 9.17) is 0 Å². The Hall–Kier alpha value is -0.900. The summed E-state index contributed by atoms with van der Waals surface area (Å²) in [6.45, 7) is 6.63. The topological polar surface area (TPSA) is 42.0 Å². The highest BCUT2D eigenvalue weighted by molar-refractivity contribution is 7.09. The van der Waals surface area contributed by atoms with Crippen molar-refractivity contribution in [1.29, 1.82) is 0 Å². The molecule has 0 saturated carbocycles. The Labute approximate surface area is 88.6 Å². The monoisotopic (exact) mass is 212 g/mol. The van der Waals surface area contributed by atoms with Crippen molar-refractivity contribution in [2.24, 2.45) is 0 Å². The molecule has 3 nitrogen and oxygen atoms in total. The lowest BCUT2D eigenvalue weighted by molar-refractivity contribution is -0.120. The first-order valence-corrected chi connectivity index (χ1v) is 5.72. The first-order valence-electron chi connectivity index (χ1n) is 4.84. The van der Waals surface area contributed by atoms with Gasteiger partial charge in [0.05, 0.1) is 12.2 Å². The van der Waals surface area contributed by atoms with Crippen molar-refractivity contribution < 1.29 is 4.79 Å². The van der Waals surface area contributed by atoms with E-state index in [1.165, 1.54) is 0 Å². The highest BCUT2D eigenvalue weighted by Crippen LogP contribution is 2.17. The third kappa shape index (κ3) is 3.10. The molecule has 1 rings (SSSR count). The largest absolute Gasteiger partial charge is 0.350 e. The van der Waals surface area contributed by atoms with E-state index in [1.807, 2.05) is 6.92 Å². The number of nitrogens with zero attached hydrogens (tertiary/aromatic N) is 1. The summed E-state index contributed by atoms with van der Waals surface area (Å²) in [6, 6.07) is 0. The van der Waals surface area contributed by atoms with Crippen LogP contribution in [0.25, 0.3) is 0 Å². The van der Waals surface area contributed by atoms with Crippen LogP contribution < -0.4 is 5.32 Å². The summed E-state index contributed by atoms with van der Waals surface area (Å²) in [6.07, 6.45) is 0.530. The molecule has 0 fully saturated rings. The minimum Gasteiger partial charge on any atom is -0.350 e. The molecule has 4 heteroatoms. The van der Waals surface area contributed by atoms with Gasteiger partial charge in [-0.15, -0.1) is 11.3 Å². The third-order valence-corrected chi connectivity index (χ3v) is 2.79. The van der Waals surface area contributed by atoms with Gasteiger partial charge in [-0.2, -0.15) is 0 Å². The lowest BCUT2D eigenvalue weighted by Gasteiger charge is -2.00. The van der Waals surface area contributed by atoms with E-state index in [-0.39, 0.29) is 5.91 Å². The second-order valence-corrected chi connectivity index (χ2v) is 4.39. The van der Waals surface area contributed by atoms with E-state index in [9.17, 15) is 4.79 Å². The standard InChI is InChI=1S/C10H16N2OS/c1-4-9(13)11-5-10-12-8(6-14-10)7(2)3/h6-7H,4-5H2,1-3H3,(H,11,13). The van der Waals surface area contributed by atoms with Gasteiger partial charge in [-0.25, -0.2) is 4.98 Å². The summed E-state index contributed by atoms with van der Waals surface area (Å²) in [4.78, 5) is 15.4. The first-order chi connectivity index (χ1) is 6.63. The summed E-state index contributed by atoms with van der Waals surface area (Å²) in [7, 11) is 0. The molecule has 0 aliphatic rings. The summed E-state index contributed by atoms with van der Waals surface area (Å²) in [5, 5.41) is 5.85. The van der Waals surface area contributed by atoms with Crippen molar-refractivity contribution in [3.05, 3.63) is 16.1 Å². The van der Waals surface area contributed by atoms with Gasteiger partial charge in [0.25, 0.3) is 0 Å². The van der Waals surface area contributed by atoms with E-state index in [0.717, 1.165) is 10.7 Å². The van der Waals surface area contributed by atoms with Crippen LogP contribution in [0.15, 0.2) is 5.38 Å². The Morgan fingerprint density at radius 2 is 2.36 bits per heavy atom. The summed E-state index contributed by atoms with van der Waals surface area (Å²) >= 11 is 1.60. The number of thiazole rings is 1. The first kappa shape index (κ1) is 11.2. The van der Waals surface area contributed by atoms with Gasteiger partial charge in [-0.05, 0) is 5.92 Å². The number of carbonyl (C=O) groups is 1. The van der Waals surface area contributed by atoms with Crippen LogP contribution in [0, 0.1) is 0 Å². The van der Waals surface area contributed by atoms with Crippen LogP contribution in [-0.4, -0.2) is 10.9 Å². The van der Waals surface area contributed by atoms with Gasteiger partial charge in [-0.3, -0.25) is 4.79 Å². The molecule has 0 spiro atoms. The maximum atomic E-state index is 11.0. The predicted molar refractivity (Wildman–Crippen MR) is 58.3 cm³/mol. The minimum atomic E-state index is 0.0753. The molecule has 1 heterocycles. The molecule has 78 valence electrons. The molecule has 1 aromatic heterocycles. The van der Waals surface area contributed by atoms with E-state index in [1.54, 1.807) is 11.3 Å². The zero-order valence-electron chi connectivity index (χ0n) is 8.83. The quantitative estimate of drug-likeness (QED) is 0.832. The molecule has 14 heavy (non-hydrogen) atoms. The fraction of sp³-hybridized carbons (Fsp3) is 0.600. The molecule has 0 aromatic carbocycles. The lowest BCUT2D eigenvalue weighted by Crippen LogP contribution is -2.21. The van der Waals surface area contributed by atoms with Crippen molar-refractivity contribution in [1.82, 2.24) is 10.3 Å². The molecule has 1 amide bonds. The normalized spacial score (nSPS) is 10.6. The number of rotatable bonds is 4. The van der Waals surface area contributed by atoms with Crippen LogP contribution in [0.2, 0.25) is 0 Å². The number of carbonyl (C=O) groups excluding carboxylic acids is 1. The molecule has 0 bridgehead atoms. The lowest BCUT2D eigenvalue weighted by atomic mass is 10.2. The SMILES string of the molecule is CCC(=O)NCc1nc(C(C)C)cs1. The predicted octanol–water partition coefficient (Wildman–Crippen LogP) is 2.29. The van der Waals surface area contributed by atoms with Crippen LogP contribution in [-0.2, 0) is 11.3 Å². The van der Waals surface area contributed by atoms with Crippen LogP contribution in [0.1, 0.15) is 43.8 Å². The number of nitrogens with one attached hydrogen (secondary N) is 1. The molecule has 0 unspecified atom stereocenters. The average molecular weight is 212 g/mol. The van der Waals surface area contributed by atoms with Crippen molar-refractivity contribution in [3.8, 4) is 0 Å². The zero-order chi connectivity index (χ0) is 10.6. The van der Waals surface area contributed by atoms with Gasteiger partial charge in [-0.1, -0.05) is 20.8 Å². The highest BCUT2D eigenvalue weighted by atomic mass is 32.1. The molecule has 0 aliphatic heterocycles. The van der Waals surface area contributed by atoms with E-state index in [0.29, 0.717) is 18.9 Å². The maximum Gasteiger partial charge on any atom is 0.220 e. The number of hydrogen-bond acceptors (Lipinski definition) is 3. The second kappa shape index (κ2) is 5.10. The summed E-state index contributed by atoms with van der Waals surface area (Å²) in [5.74, 6) is 0.535. The third-order valence-electron chi connectivity index (χ3n) is 1.92. The fourth-order valence-corrected chi connectivity index (χ4v) is 1.87. The van der Waals surface area contributed by atoms with Gasteiger partial charge >= 0.3 is 0 Å². The van der Waals surface area contributed by atoms with Gasteiger partial charge in [0.1, 0.15) is 5.01 Å². The summed E-state index contributed by atoms with van der Waals surface area (Å²) in [5.41, 5.74) is 1.11. The minimum absolute atomic E-state index is 0.0753. The second-order valence-electron chi connectivity index (χ2n) is 3.45. The van der Waals surface area contributed by atoms with Crippen molar-refractivity contribution in [2.75, 3.05) is 0 Å². The van der Waals surface area contributed by atoms with Crippen LogP contribution in [0.3, 0.4) is 0 Å². The highest BCUT2D eigenvalue weighted by Gasteiger charge is 2.05. The smallest absolute Gasteiger partial charge is 0.220 e. The van der Waals surface area contributed by atoms with E-state index < -0.39 is 0 Å². The number of amides is 1. The van der Waals surface area contributed by atoms with E-state index in [2.05, 4.69) is 29.5 Å². The maximum absolute atomic E-state index is 11.0. The van der Waals surface area contributed by atoms with Crippen molar-refractivity contribution >= 4 is 17.2 Å². The Kier molecular flexibility index (Phi) is 4.07. The Balaban J connectivity index is 2.48. The zero-order valence-corrected chi connectivity index (χ0v) is 9.65. The Morgan fingerprint density at radius 3 is 2.86 bits per heavy atom. The van der Waals surface area contributed by atoms with Gasteiger partial charge in [0, 0.05) is 11.8 Å². The van der Waals surface area contributed by atoms with Crippen molar-refractivity contribution in [3.63, 3.8) is 0 Å². The molecular weight excluding hydrogens is 196 g/mol. The van der Waals surface area contributed by atoms with Gasteiger partial charge in [0.2, 0.25) is 5.91 Å². The van der Waals surface area contributed by atoms with Crippen LogP contribution in [0.5, 0.6) is 0 Å². The Bertz CT molecular complexity index is 307. The van der Waals surface area contributed by atoms with Crippen molar-refractivity contribution in [2.45, 2.75) is 39.7 Å². The fourth-order valence-electron chi connectivity index (χ4n) is 0.971. The molecule has 1 N–H and O–H groups in total. The Morgan fingerprint density at radius 1 is 1.64 bits per heavy atom.